The predicted octanol–water partition coefficient (Wildman–Crippen LogP) is 1.46. The van der Waals surface area contributed by atoms with Gasteiger partial charge < -0.3 is 25.3 Å². The summed E-state index contributed by atoms with van der Waals surface area (Å²) in [5, 5.41) is 17.1. The van der Waals surface area contributed by atoms with E-state index in [0.29, 0.717) is 37.7 Å². The molecule has 12 heteroatoms. The average molecular weight is 520 g/mol. The standard InChI is InChI=1S/C26H29N7O5/c1-36-16-20(35)13-23(27)25-31-30-24-21-6-2-3-7-22(21)26(32-33(24)25)38-15-19-9-8-18(14-29-19)5-4-11-37-12-10-28-17-34/h2-3,6-9,13-14,17H,4-5,10-12,15-16,27H2,1H3,(H,28,34). The van der Waals surface area contributed by atoms with E-state index in [1.54, 1.807) is 0 Å². The van der Waals surface area contributed by atoms with Crippen LogP contribution in [0.1, 0.15) is 23.5 Å². The Morgan fingerprint density at radius 3 is 2.74 bits per heavy atom. The summed E-state index contributed by atoms with van der Waals surface area (Å²) in [6.45, 7) is 1.71. The zero-order valence-electron chi connectivity index (χ0n) is 21.0. The highest BCUT2D eigenvalue weighted by Gasteiger charge is 2.17. The number of nitrogens with zero attached hydrogens (tertiary/aromatic N) is 5. The third-order valence-corrected chi connectivity index (χ3v) is 5.56. The Bertz CT molecular complexity index is 1420. The van der Waals surface area contributed by atoms with Gasteiger partial charge in [0.15, 0.2) is 11.4 Å². The van der Waals surface area contributed by atoms with Crippen LogP contribution in [0.15, 0.2) is 48.7 Å². The number of hydrogen-bond donors (Lipinski definition) is 2. The fourth-order valence-corrected chi connectivity index (χ4v) is 3.76. The molecule has 0 saturated heterocycles. The first-order valence-corrected chi connectivity index (χ1v) is 12.1. The Balaban J connectivity index is 1.46. The molecule has 38 heavy (non-hydrogen) atoms. The monoisotopic (exact) mass is 519 g/mol. The Morgan fingerprint density at radius 1 is 1.13 bits per heavy atom. The number of carbonyl (C=O) groups excluding carboxylic acids is 2. The molecule has 3 heterocycles. The number of rotatable bonds is 15. The van der Waals surface area contributed by atoms with Crippen LogP contribution < -0.4 is 15.8 Å². The molecule has 0 aliphatic rings. The summed E-state index contributed by atoms with van der Waals surface area (Å²) in [6.07, 6.45) is 5.41. The molecule has 0 spiro atoms. The van der Waals surface area contributed by atoms with E-state index in [1.807, 2.05) is 42.6 Å². The molecule has 0 unspecified atom stereocenters. The number of amides is 1. The van der Waals surface area contributed by atoms with E-state index >= 15 is 0 Å². The van der Waals surface area contributed by atoms with Gasteiger partial charge in [-0.25, -0.2) is 0 Å². The first-order valence-electron chi connectivity index (χ1n) is 12.1. The maximum absolute atomic E-state index is 12.0. The Hall–Kier alpha value is -4.42. The van der Waals surface area contributed by atoms with Crippen LogP contribution in [0.5, 0.6) is 5.88 Å². The van der Waals surface area contributed by atoms with E-state index in [4.69, 9.17) is 19.9 Å². The number of ketones is 1. The van der Waals surface area contributed by atoms with E-state index in [2.05, 4.69) is 25.6 Å². The molecule has 0 saturated carbocycles. The van der Waals surface area contributed by atoms with Crippen LogP contribution in [0.2, 0.25) is 0 Å². The molecule has 1 amide bonds. The number of carbonyl (C=O) groups is 2. The van der Waals surface area contributed by atoms with Crippen LogP contribution >= 0.6 is 0 Å². The lowest BCUT2D eigenvalue weighted by Crippen LogP contribution is -2.17. The van der Waals surface area contributed by atoms with E-state index in [-0.39, 0.29) is 30.5 Å². The second-order valence-corrected chi connectivity index (χ2v) is 8.34. The van der Waals surface area contributed by atoms with Gasteiger partial charge in [0, 0.05) is 43.3 Å². The fourth-order valence-electron chi connectivity index (χ4n) is 3.76. The van der Waals surface area contributed by atoms with E-state index < -0.39 is 0 Å². The minimum Gasteiger partial charge on any atom is -0.470 e. The fraction of sp³-hybridized carbons (Fsp3) is 0.308. The van der Waals surface area contributed by atoms with Gasteiger partial charge in [-0.1, -0.05) is 24.3 Å². The van der Waals surface area contributed by atoms with Crippen molar-refractivity contribution in [3.63, 3.8) is 0 Å². The zero-order chi connectivity index (χ0) is 26.7. The number of benzene rings is 1. The molecule has 0 atom stereocenters. The topological polar surface area (TPSA) is 156 Å². The van der Waals surface area contributed by atoms with Crippen molar-refractivity contribution in [1.82, 2.24) is 30.1 Å². The molecule has 198 valence electrons. The normalized spacial score (nSPS) is 11.7. The van der Waals surface area contributed by atoms with Gasteiger partial charge >= 0.3 is 0 Å². The summed E-state index contributed by atoms with van der Waals surface area (Å²) >= 11 is 0. The highest BCUT2D eigenvalue weighted by atomic mass is 16.5. The van der Waals surface area contributed by atoms with Gasteiger partial charge in [-0.05, 0) is 30.5 Å². The SMILES string of the molecule is COCC(=O)C=C(N)c1nnc2c3ccccc3c(OCc3ccc(CCCOCCNC=O)cn3)nn12. The Morgan fingerprint density at radius 2 is 1.97 bits per heavy atom. The molecular formula is C26H29N7O5. The van der Waals surface area contributed by atoms with Crippen molar-refractivity contribution < 1.29 is 23.8 Å². The smallest absolute Gasteiger partial charge is 0.240 e. The van der Waals surface area contributed by atoms with Crippen molar-refractivity contribution in [2.45, 2.75) is 19.4 Å². The lowest BCUT2D eigenvalue weighted by molar-refractivity contribution is -0.118. The van der Waals surface area contributed by atoms with Crippen LogP contribution in [0.25, 0.3) is 22.1 Å². The van der Waals surface area contributed by atoms with Crippen molar-refractivity contribution in [2.75, 3.05) is 33.5 Å². The molecule has 0 aliphatic carbocycles. The summed E-state index contributed by atoms with van der Waals surface area (Å²) in [5.41, 5.74) is 8.57. The van der Waals surface area contributed by atoms with E-state index in [0.717, 1.165) is 34.9 Å². The van der Waals surface area contributed by atoms with Gasteiger partial charge in [0.1, 0.15) is 13.2 Å². The van der Waals surface area contributed by atoms with Crippen LogP contribution in [-0.4, -0.2) is 70.5 Å². The van der Waals surface area contributed by atoms with Crippen LogP contribution in [0.3, 0.4) is 0 Å². The molecule has 4 rings (SSSR count). The van der Waals surface area contributed by atoms with Gasteiger partial charge in [0.2, 0.25) is 18.1 Å². The number of nitrogens with one attached hydrogen (secondary N) is 1. The second kappa shape index (κ2) is 13.2. The molecule has 0 aliphatic heterocycles. The lowest BCUT2D eigenvalue weighted by atomic mass is 10.1. The Labute approximate surface area is 218 Å². The summed E-state index contributed by atoms with van der Waals surface area (Å²) in [6, 6.07) is 11.5. The van der Waals surface area contributed by atoms with E-state index in [1.165, 1.54) is 17.7 Å². The number of aromatic nitrogens is 5. The molecule has 12 nitrogen and oxygen atoms in total. The van der Waals surface area contributed by atoms with Crippen molar-refractivity contribution in [3.05, 3.63) is 65.8 Å². The highest BCUT2D eigenvalue weighted by molar-refractivity contribution is 5.98. The van der Waals surface area contributed by atoms with Gasteiger partial charge in [0.05, 0.1) is 18.0 Å². The Kier molecular flexibility index (Phi) is 9.27. The van der Waals surface area contributed by atoms with Crippen molar-refractivity contribution in [2.24, 2.45) is 5.73 Å². The van der Waals surface area contributed by atoms with Gasteiger partial charge in [-0.2, -0.15) is 4.52 Å². The molecule has 3 N–H and O–H groups in total. The largest absolute Gasteiger partial charge is 0.470 e. The van der Waals surface area contributed by atoms with Crippen molar-refractivity contribution in [3.8, 4) is 5.88 Å². The highest BCUT2D eigenvalue weighted by Crippen LogP contribution is 2.27. The number of ether oxygens (including phenoxy) is 3. The predicted molar refractivity (Wildman–Crippen MR) is 139 cm³/mol. The number of fused-ring (bicyclic) bond motifs is 3. The summed E-state index contributed by atoms with van der Waals surface area (Å²) < 4.78 is 17.9. The minimum absolute atomic E-state index is 0.0953. The molecular weight excluding hydrogens is 490 g/mol. The number of nitrogens with two attached hydrogens (primary N) is 1. The number of methoxy groups -OCH3 is 1. The van der Waals surface area contributed by atoms with Gasteiger partial charge in [-0.15, -0.1) is 15.3 Å². The quantitative estimate of drug-likeness (QED) is 0.134. The van der Waals surface area contributed by atoms with Crippen LogP contribution in [0.4, 0.5) is 0 Å². The molecule has 0 radical (unpaired) electrons. The van der Waals surface area contributed by atoms with Gasteiger partial charge in [-0.3, -0.25) is 14.6 Å². The molecule has 3 aromatic heterocycles. The molecule has 0 fully saturated rings. The van der Waals surface area contributed by atoms with E-state index in [9.17, 15) is 9.59 Å². The molecule has 4 aromatic rings. The number of aryl methyl sites for hydroxylation is 1. The summed E-state index contributed by atoms with van der Waals surface area (Å²) in [7, 11) is 1.43. The first kappa shape index (κ1) is 26.6. The molecule has 1 aromatic carbocycles. The van der Waals surface area contributed by atoms with Crippen molar-refractivity contribution in [1.29, 1.82) is 0 Å². The van der Waals surface area contributed by atoms with Crippen molar-refractivity contribution >= 4 is 34.3 Å². The van der Waals surface area contributed by atoms with Gasteiger partial charge in [0.25, 0.3) is 0 Å². The van der Waals surface area contributed by atoms with Crippen LogP contribution in [0, 0.1) is 0 Å². The number of pyridine rings is 1. The number of hydrogen-bond acceptors (Lipinski definition) is 10. The average Bonchev–Trinajstić information content (AvgIpc) is 3.36. The zero-order valence-corrected chi connectivity index (χ0v) is 21.0. The molecule has 0 bridgehead atoms. The third-order valence-electron chi connectivity index (χ3n) is 5.56. The van der Waals surface area contributed by atoms with Crippen LogP contribution in [-0.2, 0) is 32.1 Å². The second-order valence-electron chi connectivity index (χ2n) is 8.34. The summed E-state index contributed by atoms with van der Waals surface area (Å²) in [4.78, 5) is 26.7. The maximum atomic E-state index is 12.0. The third kappa shape index (κ3) is 6.66. The summed E-state index contributed by atoms with van der Waals surface area (Å²) in [5.74, 6) is 0.289. The lowest BCUT2D eigenvalue weighted by Gasteiger charge is -2.10. The first-order chi connectivity index (χ1) is 18.6. The minimum atomic E-state index is -0.298. The maximum Gasteiger partial charge on any atom is 0.240 e.